The lowest BCUT2D eigenvalue weighted by Crippen LogP contribution is -2.47. The summed E-state index contributed by atoms with van der Waals surface area (Å²) >= 11 is 0. The van der Waals surface area contributed by atoms with Crippen LogP contribution in [0.15, 0.2) is 0 Å². The molecule has 0 aromatic heterocycles. The molecular formula is C8H16N2O2. The average molecular weight is 172 g/mol. The van der Waals surface area contributed by atoms with Crippen LogP contribution >= 0.6 is 0 Å². The van der Waals surface area contributed by atoms with E-state index < -0.39 is 0 Å². The maximum atomic E-state index is 11.0. The zero-order valence-corrected chi connectivity index (χ0v) is 7.59. The van der Waals surface area contributed by atoms with E-state index in [1.165, 1.54) is 0 Å². The fraction of sp³-hybridized carbons (Fsp3) is 0.875. The molecule has 2 N–H and O–H groups in total. The lowest BCUT2D eigenvalue weighted by atomic mass is 10.2. The molecule has 12 heavy (non-hydrogen) atoms. The van der Waals surface area contributed by atoms with Gasteiger partial charge in [-0.1, -0.05) is 6.92 Å². The number of nitrogens with one attached hydrogen (secondary N) is 2. The maximum absolute atomic E-state index is 11.0. The van der Waals surface area contributed by atoms with Gasteiger partial charge in [-0.2, -0.15) is 0 Å². The Balaban J connectivity index is 2.35. The highest BCUT2D eigenvalue weighted by atomic mass is 16.5. The van der Waals surface area contributed by atoms with E-state index in [1.54, 1.807) is 0 Å². The molecule has 4 nitrogen and oxygen atoms in total. The van der Waals surface area contributed by atoms with E-state index in [0.29, 0.717) is 19.6 Å². The van der Waals surface area contributed by atoms with E-state index in [0.717, 1.165) is 0 Å². The van der Waals surface area contributed by atoms with E-state index >= 15 is 0 Å². The van der Waals surface area contributed by atoms with Gasteiger partial charge in [0.25, 0.3) is 0 Å². The van der Waals surface area contributed by atoms with Crippen molar-refractivity contribution in [1.29, 1.82) is 0 Å². The Morgan fingerprint density at radius 3 is 2.75 bits per heavy atom. The van der Waals surface area contributed by atoms with Crippen LogP contribution in [0.2, 0.25) is 0 Å². The van der Waals surface area contributed by atoms with Crippen molar-refractivity contribution in [3.8, 4) is 0 Å². The van der Waals surface area contributed by atoms with Crippen molar-refractivity contribution in [2.45, 2.75) is 25.4 Å². The molecule has 0 saturated carbocycles. The van der Waals surface area contributed by atoms with Crippen molar-refractivity contribution in [1.82, 2.24) is 10.6 Å². The van der Waals surface area contributed by atoms with Gasteiger partial charge in [0, 0.05) is 6.42 Å². The first-order valence-electron chi connectivity index (χ1n) is 4.32. The van der Waals surface area contributed by atoms with Crippen LogP contribution in [0.5, 0.6) is 0 Å². The molecule has 1 heterocycles. The SMILES string of the molecule is CCC(=O)NC1COCC1NC. The molecule has 4 heteroatoms. The standard InChI is InChI=1S/C8H16N2O2/c1-3-8(11)10-7-5-12-4-6(7)9-2/h6-7,9H,3-5H2,1-2H3,(H,10,11). The predicted molar refractivity (Wildman–Crippen MR) is 45.9 cm³/mol. The molecule has 0 radical (unpaired) electrons. The van der Waals surface area contributed by atoms with E-state index in [2.05, 4.69) is 10.6 Å². The van der Waals surface area contributed by atoms with Crippen molar-refractivity contribution in [3.05, 3.63) is 0 Å². The molecule has 2 atom stereocenters. The summed E-state index contributed by atoms with van der Waals surface area (Å²) in [4.78, 5) is 11.0. The molecule has 1 fully saturated rings. The number of amides is 1. The zero-order valence-electron chi connectivity index (χ0n) is 7.59. The molecule has 0 bridgehead atoms. The van der Waals surface area contributed by atoms with Gasteiger partial charge in [0.2, 0.25) is 5.91 Å². The van der Waals surface area contributed by atoms with Crippen molar-refractivity contribution in [2.24, 2.45) is 0 Å². The van der Waals surface area contributed by atoms with Crippen molar-refractivity contribution < 1.29 is 9.53 Å². The van der Waals surface area contributed by atoms with E-state index in [9.17, 15) is 4.79 Å². The molecule has 0 aromatic carbocycles. The normalized spacial score (nSPS) is 28.8. The molecule has 1 aliphatic rings. The van der Waals surface area contributed by atoms with Gasteiger partial charge in [0.1, 0.15) is 0 Å². The Morgan fingerprint density at radius 2 is 2.17 bits per heavy atom. The summed E-state index contributed by atoms with van der Waals surface area (Å²) in [6.07, 6.45) is 0.535. The van der Waals surface area contributed by atoms with Crippen LogP contribution in [0.25, 0.3) is 0 Å². The number of carbonyl (C=O) groups excluding carboxylic acids is 1. The van der Waals surface area contributed by atoms with Gasteiger partial charge in [-0.3, -0.25) is 4.79 Å². The van der Waals surface area contributed by atoms with Crippen molar-refractivity contribution in [3.63, 3.8) is 0 Å². The quantitative estimate of drug-likeness (QED) is 0.603. The molecule has 1 rings (SSSR count). The van der Waals surface area contributed by atoms with Crippen molar-refractivity contribution >= 4 is 5.91 Å². The Morgan fingerprint density at radius 1 is 1.50 bits per heavy atom. The number of likely N-dealkylation sites (N-methyl/N-ethyl adjacent to an activating group) is 1. The Hall–Kier alpha value is -0.610. The Bertz CT molecular complexity index is 161. The van der Waals surface area contributed by atoms with Gasteiger partial charge in [-0.05, 0) is 7.05 Å². The minimum atomic E-state index is 0.0887. The summed E-state index contributed by atoms with van der Waals surface area (Å²) in [5, 5.41) is 6.01. The first-order valence-corrected chi connectivity index (χ1v) is 4.32. The van der Waals surface area contributed by atoms with Gasteiger partial charge in [-0.15, -0.1) is 0 Å². The molecule has 0 aromatic rings. The molecule has 1 saturated heterocycles. The average Bonchev–Trinajstić information content (AvgIpc) is 2.51. The molecule has 1 amide bonds. The van der Waals surface area contributed by atoms with Crippen LogP contribution in [-0.4, -0.2) is 38.3 Å². The first kappa shape index (κ1) is 9.48. The summed E-state index contributed by atoms with van der Waals surface area (Å²) in [5.41, 5.74) is 0. The number of carbonyl (C=O) groups is 1. The summed E-state index contributed by atoms with van der Waals surface area (Å²) in [6, 6.07) is 0.406. The van der Waals surface area contributed by atoms with Crippen molar-refractivity contribution in [2.75, 3.05) is 20.3 Å². The monoisotopic (exact) mass is 172 g/mol. The highest BCUT2D eigenvalue weighted by Crippen LogP contribution is 2.04. The number of ether oxygens (including phenoxy) is 1. The summed E-state index contributed by atoms with van der Waals surface area (Å²) < 4.78 is 5.23. The molecular weight excluding hydrogens is 156 g/mol. The molecule has 0 spiro atoms. The van der Waals surface area contributed by atoms with Gasteiger partial charge < -0.3 is 15.4 Å². The summed E-state index contributed by atoms with van der Waals surface area (Å²) in [7, 11) is 1.88. The van der Waals surface area contributed by atoms with Gasteiger partial charge in [-0.25, -0.2) is 0 Å². The molecule has 2 unspecified atom stereocenters. The van der Waals surface area contributed by atoms with Gasteiger partial charge in [0.05, 0.1) is 25.3 Å². The van der Waals surface area contributed by atoms with Crippen LogP contribution in [0.1, 0.15) is 13.3 Å². The summed E-state index contributed by atoms with van der Waals surface area (Å²) in [5.74, 6) is 0.0887. The highest BCUT2D eigenvalue weighted by Gasteiger charge is 2.27. The smallest absolute Gasteiger partial charge is 0.220 e. The molecule has 0 aliphatic carbocycles. The fourth-order valence-corrected chi connectivity index (χ4v) is 1.29. The molecule has 70 valence electrons. The number of hydrogen-bond donors (Lipinski definition) is 2. The highest BCUT2D eigenvalue weighted by molar-refractivity contribution is 5.75. The lowest BCUT2D eigenvalue weighted by Gasteiger charge is -2.17. The van der Waals surface area contributed by atoms with E-state index in [1.807, 2.05) is 14.0 Å². The Kier molecular flexibility index (Phi) is 3.49. The van der Waals surface area contributed by atoms with E-state index in [4.69, 9.17) is 4.74 Å². The number of hydrogen-bond acceptors (Lipinski definition) is 3. The minimum Gasteiger partial charge on any atom is -0.378 e. The maximum Gasteiger partial charge on any atom is 0.220 e. The lowest BCUT2D eigenvalue weighted by molar-refractivity contribution is -0.121. The fourth-order valence-electron chi connectivity index (χ4n) is 1.29. The topological polar surface area (TPSA) is 50.4 Å². The third-order valence-corrected chi connectivity index (χ3v) is 2.12. The predicted octanol–water partition coefficient (Wildman–Crippen LogP) is -0.501. The van der Waals surface area contributed by atoms with Crippen LogP contribution in [0, 0.1) is 0 Å². The third kappa shape index (κ3) is 2.19. The van der Waals surface area contributed by atoms with Gasteiger partial charge >= 0.3 is 0 Å². The molecule has 1 aliphatic heterocycles. The van der Waals surface area contributed by atoms with Crippen LogP contribution in [0.4, 0.5) is 0 Å². The van der Waals surface area contributed by atoms with Crippen LogP contribution in [-0.2, 0) is 9.53 Å². The third-order valence-electron chi connectivity index (χ3n) is 2.12. The second-order valence-electron chi connectivity index (χ2n) is 2.96. The minimum absolute atomic E-state index is 0.0887. The largest absolute Gasteiger partial charge is 0.378 e. The zero-order chi connectivity index (χ0) is 8.97. The van der Waals surface area contributed by atoms with Crippen LogP contribution in [0.3, 0.4) is 0 Å². The first-order chi connectivity index (χ1) is 5.77. The van der Waals surface area contributed by atoms with Crippen LogP contribution < -0.4 is 10.6 Å². The summed E-state index contributed by atoms with van der Waals surface area (Å²) in [6.45, 7) is 3.15. The second kappa shape index (κ2) is 4.42. The van der Waals surface area contributed by atoms with Gasteiger partial charge in [0.15, 0.2) is 0 Å². The van der Waals surface area contributed by atoms with E-state index in [-0.39, 0.29) is 18.0 Å². The Labute approximate surface area is 72.7 Å². The number of rotatable bonds is 3. The second-order valence-corrected chi connectivity index (χ2v) is 2.96.